The number of aryl methyl sites for hydroxylation is 1. The number of benzene rings is 1. The molecule has 1 aromatic rings. The largest absolute Gasteiger partial charge is 0.466 e. The Kier molecular flexibility index (Phi) is 7.16. The Morgan fingerprint density at radius 2 is 1.78 bits per heavy atom. The highest BCUT2D eigenvalue weighted by Gasteiger charge is 2.07. The molecule has 1 rings (SSSR count). The van der Waals surface area contributed by atoms with Gasteiger partial charge in [-0.15, -0.1) is 0 Å². The van der Waals surface area contributed by atoms with Crippen molar-refractivity contribution >= 4 is 5.97 Å². The third-order valence-corrected chi connectivity index (χ3v) is 3.06. The minimum atomic E-state index is -0.126. The molecule has 0 saturated carbocycles. The molecule has 0 aliphatic rings. The van der Waals surface area contributed by atoms with Crippen LogP contribution in [-0.4, -0.2) is 12.6 Å². The molecule has 0 N–H and O–H groups in total. The maximum Gasteiger partial charge on any atom is 0.310 e. The standard InChI is InChI=1S/C16H24O2/c1-3-5-6-7-10-14-11-8-9-12-15(14)13-16(17)18-4-2/h8-9,11-12H,3-7,10,13H2,1-2H3. The van der Waals surface area contributed by atoms with Crippen molar-refractivity contribution in [2.75, 3.05) is 6.61 Å². The first kappa shape index (κ1) is 14.7. The third-order valence-electron chi connectivity index (χ3n) is 3.06. The van der Waals surface area contributed by atoms with E-state index in [1.54, 1.807) is 0 Å². The van der Waals surface area contributed by atoms with E-state index in [-0.39, 0.29) is 5.97 Å². The summed E-state index contributed by atoms with van der Waals surface area (Å²) in [6.07, 6.45) is 6.48. The first-order chi connectivity index (χ1) is 8.77. The second-order valence-electron chi connectivity index (χ2n) is 4.56. The number of esters is 1. The number of hydrogen-bond donors (Lipinski definition) is 0. The van der Waals surface area contributed by atoms with E-state index in [9.17, 15) is 4.79 Å². The molecule has 0 radical (unpaired) electrons. The highest BCUT2D eigenvalue weighted by atomic mass is 16.5. The lowest BCUT2D eigenvalue weighted by atomic mass is 9.99. The summed E-state index contributed by atoms with van der Waals surface area (Å²) >= 11 is 0. The zero-order valence-electron chi connectivity index (χ0n) is 11.6. The molecule has 2 heteroatoms. The van der Waals surface area contributed by atoms with Crippen LogP contribution in [0.25, 0.3) is 0 Å². The van der Waals surface area contributed by atoms with Crippen LogP contribution in [0.5, 0.6) is 0 Å². The van der Waals surface area contributed by atoms with E-state index in [1.165, 1.54) is 31.2 Å². The molecule has 0 aliphatic heterocycles. The van der Waals surface area contributed by atoms with Gasteiger partial charge in [0.1, 0.15) is 0 Å². The summed E-state index contributed by atoms with van der Waals surface area (Å²) in [5.74, 6) is -0.126. The summed E-state index contributed by atoms with van der Waals surface area (Å²) in [7, 11) is 0. The molecule has 0 spiro atoms. The number of hydrogen-bond acceptors (Lipinski definition) is 2. The molecule has 0 heterocycles. The fraction of sp³-hybridized carbons (Fsp3) is 0.562. The van der Waals surface area contributed by atoms with Gasteiger partial charge >= 0.3 is 5.97 Å². The zero-order chi connectivity index (χ0) is 13.2. The fourth-order valence-electron chi connectivity index (χ4n) is 2.08. The summed E-state index contributed by atoms with van der Waals surface area (Å²) in [4.78, 5) is 11.5. The van der Waals surface area contributed by atoms with Crippen molar-refractivity contribution < 1.29 is 9.53 Å². The van der Waals surface area contributed by atoms with Gasteiger partial charge in [-0.25, -0.2) is 0 Å². The van der Waals surface area contributed by atoms with Crippen molar-refractivity contribution in [1.29, 1.82) is 0 Å². The Bertz CT molecular complexity index is 358. The molecule has 0 aromatic heterocycles. The van der Waals surface area contributed by atoms with Crippen molar-refractivity contribution in [3.8, 4) is 0 Å². The Morgan fingerprint density at radius 1 is 1.06 bits per heavy atom. The average Bonchev–Trinajstić information content (AvgIpc) is 2.37. The number of carbonyl (C=O) groups is 1. The van der Waals surface area contributed by atoms with Gasteiger partial charge in [-0.05, 0) is 30.9 Å². The summed E-state index contributed by atoms with van der Waals surface area (Å²) in [5, 5.41) is 0. The van der Waals surface area contributed by atoms with Gasteiger partial charge in [0.05, 0.1) is 13.0 Å². The first-order valence-electron chi connectivity index (χ1n) is 7.00. The first-order valence-corrected chi connectivity index (χ1v) is 7.00. The summed E-state index contributed by atoms with van der Waals surface area (Å²) in [5.41, 5.74) is 2.41. The molecule has 0 aliphatic carbocycles. The monoisotopic (exact) mass is 248 g/mol. The SMILES string of the molecule is CCCCCCc1ccccc1CC(=O)OCC. The molecule has 0 bridgehead atoms. The number of unbranched alkanes of at least 4 members (excludes halogenated alkanes) is 3. The molecule has 0 unspecified atom stereocenters. The second-order valence-corrected chi connectivity index (χ2v) is 4.56. The molecule has 0 saturated heterocycles. The van der Waals surface area contributed by atoms with Crippen molar-refractivity contribution in [3.05, 3.63) is 35.4 Å². The van der Waals surface area contributed by atoms with Gasteiger partial charge in [-0.2, -0.15) is 0 Å². The maximum absolute atomic E-state index is 11.5. The lowest BCUT2D eigenvalue weighted by Crippen LogP contribution is -2.09. The second kappa shape index (κ2) is 8.73. The van der Waals surface area contributed by atoms with E-state index in [2.05, 4.69) is 13.0 Å². The van der Waals surface area contributed by atoms with Crippen molar-refractivity contribution in [3.63, 3.8) is 0 Å². The van der Waals surface area contributed by atoms with Gasteiger partial charge in [0.2, 0.25) is 0 Å². The van der Waals surface area contributed by atoms with Crippen LogP contribution < -0.4 is 0 Å². The molecule has 18 heavy (non-hydrogen) atoms. The Balaban J connectivity index is 2.53. The molecule has 100 valence electrons. The topological polar surface area (TPSA) is 26.3 Å². The zero-order valence-corrected chi connectivity index (χ0v) is 11.6. The van der Waals surface area contributed by atoms with Crippen LogP contribution in [0.4, 0.5) is 0 Å². The van der Waals surface area contributed by atoms with Crippen LogP contribution in [-0.2, 0) is 22.4 Å². The van der Waals surface area contributed by atoms with E-state index in [0.717, 1.165) is 12.0 Å². The average molecular weight is 248 g/mol. The minimum Gasteiger partial charge on any atom is -0.466 e. The van der Waals surface area contributed by atoms with Gasteiger partial charge in [-0.1, -0.05) is 50.5 Å². The Labute approximate surface area is 110 Å². The van der Waals surface area contributed by atoms with Crippen molar-refractivity contribution in [2.24, 2.45) is 0 Å². The van der Waals surface area contributed by atoms with Crippen molar-refractivity contribution in [2.45, 2.75) is 52.4 Å². The van der Waals surface area contributed by atoms with E-state index < -0.39 is 0 Å². The maximum atomic E-state index is 11.5. The van der Waals surface area contributed by atoms with E-state index >= 15 is 0 Å². The summed E-state index contributed by atoms with van der Waals surface area (Å²) in [6, 6.07) is 8.19. The molecular formula is C16H24O2. The smallest absolute Gasteiger partial charge is 0.310 e. The molecule has 0 atom stereocenters. The summed E-state index contributed by atoms with van der Waals surface area (Å²) < 4.78 is 5.00. The van der Waals surface area contributed by atoms with Gasteiger partial charge in [-0.3, -0.25) is 4.79 Å². The number of ether oxygens (including phenoxy) is 1. The predicted octanol–water partition coefficient (Wildman–Crippen LogP) is 3.92. The van der Waals surface area contributed by atoms with Crippen LogP contribution >= 0.6 is 0 Å². The fourth-order valence-corrected chi connectivity index (χ4v) is 2.08. The molecule has 1 aromatic carbocycles. The number of rotatable bonds is 8. The van der Waals surface area contributed by atoms with E-state index in [1.807, 2.05) is 25.1 Å². The molecule has 2 nitrogen and oxygen atoms in total. The van der Waals surface area contributed by atoms with Crippen LogP contribution in [0.1, 0.15) is 50.7 Å². The number of carbonyl (C=O) groups excluding carboxylic acids is 1. The van der Waals surface area contributed by atoms with Crippen LogP contribution in [0.2, 0.25) is 0 Å². The highest BCUT2D eigenvalue weighted by molar-refractivity contribution is 5.73. The van der Waals surface area contributed by atoms with Gasteiger partial charge in [0.15, 0.2) is 0 Å². The van der Waals surface area contributed by atoms with Crippen molar-refractivity contribution in [1.82, 2.24) is 0 Å². The molecule has 0 amide bonds. The van der Waals surface area contributed by atoms with Crippen LogP contribution in [0, 0.1) is 0 Å². The van der Waals surface area contributed by atoms with Gasteiger partial charge in [0, 0.05) is 0 Å². The third kappa shape index (κ3) is 5.35. The van der Waals surface area contributed by atoms with Gasteiger partial charge < -0.3 is 4.74 Å². The van der Waals surface area contributed by atoms with Gasteiger partial charge in [0.25, 0.3) is 0 Å². The molecular weight excluding hydrogens is 224 g/mol. The van der Waals surface area contributed by atoms with Crippen LogP contribution in [0.15, 0.2) is 24.3 Å². The summed E-state index contributed by atoms with van der Waals surface area (Å²) in [6.45, 7) is 4.51. The Hall–Kier alpha value is -1.31. The van der Waals surface area contributed by atoms with E-state index in [4.69, 9.17) is 4.74 Å². The molecule has 0 fully saturated rings. The normalized spacial score (nSPS) is 10.3. The van der Waals surface area contributed by atoms with E-state index in [0.29, 0.717) is 13.0 Å². The lowest BCUT2D eigenvalue weighted by Gasteiger charge is -2.09. The lowest BCUT2D eigenvalue weighted by molar-refractivity contribution is -0.142. The Morgan fingerprint density at radius 3 is 2.44 bits per heavy atom. The predicted molar refractivity (Wildman–Crippen MR) is 74.6 cm³/mol. The quantitative estimate of drug-likeness (QED) is 0.515. The minimum absolute atomic E-state index is 0.126. The van der Waals surface area contributed by atoms with Crippen LogP contribution in [0.3, 0.4) is 0 Å². The highest BCUT2D eigenvalue weighted by Crippen LogP contribution is 2.14.